The number of hydrogen-bond donors (Lipinski definition) is 1. The van der Waals surface area contributed by atoms with Crippen molar-refractivity contribution in [3.63, 3.8) is 0 Å². The van der Waals surface area contributed by atoms with Crippen LogP contribution >= 0.6 is 11.6 Å². The molecule has 27 heavy (non-hydrogen) atoms. The largest absolute Gasteiger partial charge is 0.455 e. The normalized spacial score (nSPS) is 12.3. The fraction of sp³-hybridized carbons (Fsp3) is 0.263. The molecule has 0 saturated heterocycles. The third-order valence-corrected chi connectivity index (χ3v) is 4.63. The standard InChI is InChI=1S/C19H17ClN2O5/c20-16-10-15(22(25)26)6-7-17(16)21-18(23)11-27-19(24)9-12-4-5-13-2-1-3-14(13)8-12/h4-8,10H,1-3,9,11H2,(H,21,23). The van der Waals surface area contributed by atoms with Crippen molar-refractivity contribution in [1.29, 1.82) is 0 Å². The summed E-state index contributed by atoms with van der Waals surface area (Å²) in [5.74, 6) is -1.08. The molecule has 2 aromatic carbocycles. The molecule has 0 atom stereocenters. The molecular weight excluding hydrogens is 372 g/mol. The van der Waals surface area contributed by atoms with Crippen LogP contribution in [0.15, 0.2) is 36.4 Å². The predicted octanol–water partition coefficient (Wildman–Crippen LogP) is 3.46. The second-order valence-electron chi connectivity index (χ2n) is 6.26. The summed E-state index contributed by atoms with van der Waals surface area (Å²) >= 11 is 5.91. The van der Waals surface area contributed by atoms with Gasteiger partial charge in [-0.1, -0.05) is 29.8 Å². The van der Waals surface area contributed by atoms with Crippen LogP contribution in [-0.2, 0) is 33.6 Å². The zero-order valence-electron chi connectivity index (χ0n) is 14.4. The van der Waals surface area contributed by atoms with Gasteiger partial charge in [-0.15, -0.1) is 0 Å². The van der Waals surface area contributed by atoms with Crippen LogP contribution in [0, 0.1) is 10.1 Å². The van der Waals surface area contributed by atoms with Crippen LogP contribution in [-0.4, -0.2) is 23.4 Å². The monoisotopic (exact) mass is 388 g/mol. The molecule has 0 saturated carbocycles. The van der Waals surface area contributed by atoms with E-state index in [2.05, 4.69) is 5.32 Å². The first-order valence-electron chi connectivity index (χ1n) is 8.42. The van der Waals surface area contributed by atoms with Crippen molar-refractivity contribution in [3.8, 4) is 0 Å². The van der Waals surface area contributed by atoms with Crippen LogP contribution in [0.1, 0.15) is 23.1 Å². The van der Waals surface area contributed by atoms with Gasteiger partial charge in [0.15, 0.2) is 6.61 Å². The van der Waals surface area contributed by atoms with Crippen LogP contribution < -0.4 is 5.32 Å². The minimum atomic E-state index is -0.585. The van der Waals surface area contributed by atoms with Crippen LogP contribution in [0.25, 0.3) is 0 Å². The average Bonchev–Trinajstić information content (AvgIpc) is 3.09. The van der Waals surface area contributed by atoms with E-state index in [0.29, 0.717) is 0 Å². The number of hydrogen-bond acceptors (Lipinski definition) is 5. The predicted molar refractivity (Wildman–Crippen MR) is 99.9 cm³/mol. The number of nitro benzene ring substituents is 1. The number of ether oxygens (including phenoxy) is 1. The first-order chi connectivity index (χ1) is 12.9. The van der Waals surface area contributed by atoms with E-state index in [1.54, 1.807) is 0 Å². The number of aryl methyl sites for hydroxylation is 2. The minimum Gasteiger partial charge on any atom is -0.455 e. The highest BCUT2D eigenvalue weighted by Gasteiger charge is 2.15. The molecule has 0 heterocycles. The number of carbonyl (C=O) groups is 2. The molecule has 0 aromatic heterocycles. The van der Waals surface area contributed by atoms with E-state index < -0.39 is 23.4 Å². The van der Waals surface area contributed by atoms with Crippen molar-refractivity contribution < 1.29 is 19.2 Å². The molecule has 1 amide bonds. The van der Waals surface area contributed by atoms with Crippen molar-refractivity contribution in [1.82, 2.24) is 0 Å². The number of rotatable bonds is 6. The Morgan fingerprint density at radius 1 is 1.15 bits per heavy atom. The van der Waals surface area contributed by atoms with E-state index >= 15 is 0 Å². The van der Waals surface area contributed by atoms with Gasteiger partial charge in [-0.25, -0.2) is 0 Å². The smallest absolute Gasteiger partial charge is 0.310 e. The molecule has 1 N–H and O–H groups in total. The van der Waals surface area contributed by atoms with Gasteiger partial charge in [-0.2, -0.15) is 0 Å². The summed E-state index contributed by atoms with van der Waals surface area (Å²) in [6.07, 6.45) is 3.33. The number of benzene rings is 2. The van der Waals surface area contributed by atoms with E-state index in [1.807, 2.05) is 18.2 Å². The molecule has 0 aliphatic heterocycles. The van der Waals surface area contributed by atoms with Crippen molar-refractivity contribution in [2.45, 2.75) is 25.7 Å². The number of esters is 1. The zero-order chi connectivity index (χ0) is 19.4. The van der Waals surface area contributed by atoms with Crippen molar-refractivity contribution in [3.05, 3.63) is 68.2 Å². The number of non-ortho nitro benzene ring substituents is 1. The summed E-state index contributed by atoms with van der Waals surface area (Å²) < 4.78 is 5.00. The van der Waals surface area contributed by atoms with Crippen molar-refractivity contribution >= 4 is 34.9 Å². The Morgan fingerprint density at radius 2 is 1.93 bits per heavy atom. The van der Waals surface area contributed by atoms with Crippen LogP contribution in [0.2, 0.25) is 5.02 Å². The Balaban J connectivity index is 1.50. The Kier molecular flexibility index (Phi) is 5.71. The summed E-state index contributed by atoms with van der Waals surface area (Å²) in [5.41, 5.74) is 3.48. The van der Waals surface area contributed by atoms with Gasteiger partial charge >= 0.3 is 5.97 Å². The summed E-state index contributed by atoms with van der Waals surface area (Å²) in [4.78, 5) is 34.0. The lowest BCUT2D eigenvalue weighted by molar-refractivity contribution is -0.384. The maximum Gasteiger partial charge on any atom is 0.310 e. The molecule has 0 spiro atoms. The van der Waals surface area contributed by atoms with Crippen LogP contribution in [0.5, 0.6) is 0 Å². The topological polar surface area (TPSA) is 98.5 Å². The highest BCUT2D eigenvalue weighted by Crippen LogP contribution is 2.26. The summed E-state index contributed by atoms with van der Waals surface area (Å²) in [5, 5.41) is 13.2. The number of carbonyl (C=O) groups excluding carboxylic acids is 2. The zero-order valence-corrected chi connectivity index (χ0v) is 15.1. The van der Waals surface area contributed by atoms with E-state index in [1.165, 1.54) is 23.3 Å². The van der Waals surface area contributed by atoms with Crippen LogP contribution in [0.4, 0.5) is 11.4 Å². The number of nitro groups is 1. The number of nitrogens with zero attached hydrogens (tertiary/aromatic N) is 1. The molecule has 0 fully saturated rings. The summed E-state index contributed by atoms with van der Waals surface area (Å²) in [6.45, 7) is -0.461. The fourth-order valence-electron chi connectivity index (χ4n) is 3.00. The average molecular weight is 389 g/mol. The van der Waals surface area contributed by atoms with Gasteiger partial charge in [0.1, 0.15) is 0 Å². The Labute approximate surface area is 160 Å². The second kappa shape index (κ2) is 8.18. The van der Waals surface area contributed by atoms with Gasteiger partial charge in [-0.3, -0.25) is 19.7 Å². The molecule has 0 unspecified atom stereocenters. The van der Waals surface area contributed by atoms with Gasteiger partial charge in [0.2, 0.25) is 0 Å². The van der Waals surface area contributed by atoms with Crippen molar-refractivity contribution in [2.24, 2.45) is 0 Å². The van der Waals surface area contributed by atoms with E-state index in [4.69, 9.17) is 16.3 Å². The first kappa shape index (κ1) is 18.8. The second-order valence-corrected chi connectivity index (χ2v) is 6.67. The molecular formula is C19H17ClN2O5. The van der Waals surface area contributed by atoms with Crippen LogP contribution in [0.3, 0.4) is 0 Å². The molecule has 1 aliphatic rings. The molecule has 7 nitrogen and oxygen atoms in total. The van der Waals surface area contributed by atoms with E-state index in [0.717, 1.165) is 30.9 Å². The molecule has 140 valence electrons. The quantitative estimate of drug-likeness (QED) is 0.464. The van der Waals surface area contributed by atoms with E-state index in [-0.39, 0.29) is 22.8 Å². The maximum atomic E-state index is 12.0. The first-order valence-corrected chi connectivity index (χ1v) is 8.80. The van der Waals surface area contributed by atoms with Gasteiger partial charge in [0.05, 0.1) is 22.1 Å². The number of fused-ring (bicyclic) bond motifs is 1. The number of halogens is 1. The van der Waals surface area contributed by atoms with Crippen molar-refractivity contribution in [2.75, 3.05) is 11.9 Å². The fourth-order valence-corrected chi connectivity index (χ4v) is 3.23. The molecule has 2 aromatic rings. The highest BCUT2D eigenvalue weighted by molar-refractivity contribution is 6.34. The molecule has 0 bridgehead atoms. The third-order valence-electron chi connectivity index (χ3n) is 4.31. The van der Waals surface area contributed by atoms with Gasteiger partial charge in [0.25, 0.3) is 11.6 Å². The minimum absolute atomic E-state index is 0.0296. The van der Waals surface area contributed by atoms with E-state index in [9.17, 15) is 19.7 Å². The Bertz CT molecular complexity index is 913. The van der Waals surface area contributed by atoms with Gasteiger partial charge < -0.3 is 10.1 Å². The summed E-state index contributed by atoms with van der Waals surface area (Å²) in [6, 6.07) is 9.64. The number of amides is 1. The third kappa shape index (κ3) is 4.83. The maximum absolute atomic E-state index is 12.0. The number of nitrogens with one attached hydrogen (secondary N) is 1. The Morgan fingerprint density at radius 3 is 2.67 bits per heavy atom. The highest BCUT2D eigenvalue weighted by atomic mass is 35.5. The Hall–Kier alpha value is -2.93. The SMILES string of the molecule is O=C(COC(=O)Cc1ccc2c(c1)CCC2)Nc1ccc([N+](=O)[O-])cc1Cl. The molecule has 1 aliphatic carbocycles. The lowest BCUT2D eigenvalue weighted by Gasteiger charge is -2.08. The summed E-state index contributed by atoms with van der Waals surface area (Å²) in [7, 11) is 0. The molecule has 3 rings (SSSR count). The molecule has 8 heteroatoms. The lowest BCUT2D eigenvalue weighted by Crippen LogP contribution is -2.21. The molecule has 0 radical (unpaired) electrons. The number of anilines is 1. The lowest BCUT2D eigenvalue weighted by atomic mass is 10.0. The van der Waals surface area contributed by atoms with Gasteiger partial charge in [-0.05, 0) is 42.0 Å². The van der Waals surface area contributed by atoms with Gasteiger partial charge in [0, 0.05) is 12.1 Å².